The van der Waals surface area contributed by atoms with Gasteiger partial charge in [0.15, 0.2) is 0 Å². The van der Waals surface area contributed by atoms with Crippen molar-refractivity contribution in [2.75, 3.05) is 0 Å². The zero-order chi connectivity index (χ0) is 39.8. The maximum absolute atomic E-state index is 14.4. The summed E-state index contributed by atoms with van der Waals surface area (Å²) in [6.07, 6.45) is -19.5. The van der Waals surface area contributed by atoms with Crippen molar-refractivity contribution < 1.29 is 70.8 Å². The molecule has 0 atom stereocenters. The molecule has 8 nitrogen and oxygen atoms in total. The van der Waals surface area contributed by atoms with Gasteiger partial charge in [0.2, 0.25) is 0 Å². The lowest BCUT2D eigenvalue weighted by Gasteiger charge is -2.32. The number of aromatic nitrogens is 6. The summed E-state index contributed by atoms with van der Waals surface area (Å²) in [4.78, 5) is 0. The summed E-state index contributed by atoms with van der Waals surface area (Å²) < 4.78 is 198. The third kappa shape index (κ3) is 6.73. The van der Waals surface area contributed by atoms with Crippen LogP contribution in [0.5, 0.6) is 0 Å². The second-order valence-corrected chi connectivity index (χ2v) is 13.4. The van der Waals surface area contributed by atoms with Crippen LogP contribution in [0.4, 0.5) is 61.5 Å². The van der Waals surface area contributed by atoms with Gasteiger partial charge in [-0.15, -0.1) is 0 Å². The van der Waals surface area contributed by atoms with Crippen molar-refractivity contribution in [3.8, 4) is 11.6 Å². The van der Waals surface area contributed by atoms with Crippen molar-refractivity contribution in [3.05, 3.63) is 64.9 Å². The zero-order valence-corrected chi connectivity index (χ0v) is 29.0. The lowest BCUT2D eigenvalue weighted by molar-refractivity contribution is -0.351. The van der Waals surface area contributed by atoms with Crippen LogP contribution in [0.25, 0.3) is 11.6 Å². The average Bonchev–Trinajstić information content (AvgIpc) is 3.78. The van der Waals surface area contributed by atoms with Crippen molar-refractivity contribution >= 4 is 28.5 Å². The molecular formula is C28H26BBrF14N6O2. The van der Waals surface area contributed by atoms with Crippen molar-refractivity contribution in [1.82, 2.24) is 28.7 Å². The highest BCUT2D eigenvalue weighted by atomic mass is 79.9. The predicted molar refractivity (Wildman–Crippen MR) is 158 cm³/mol. The van der Waals surface area contributed by atoms with E-state index >= 15 is 0 Å². The van der Waals surface area contributed by atoms with E-state index in [2.05, 4.69) is 26.1 Å². The minimum atomic E-state index is -6.20. The Kier molecular flexibility index (Phi) is 10.1. The Bertz CT molecular complexity index is 1860. The smallest absolute Gasteiger partial charge is 0.399 e. The van der Waals surface area contributed by atoms with Gasteiger partial charge in [-0.1, -0.05) is 0 Å². The van der Waals surface area contributed by atoms with E-state index in [1.165, 1.54) is 24.8 Å². The molecule has 0 unspecified atom stereocenters. The van der Waals surface area contributed by atoms with E-state index in [0.717, 1.165) is 35.6 Å². The monoisotopic (exact) mass is 834 g/mol. The van der Waals surface area contributed by atoms with Gasteiger partial charge in [-0.05, 0) is 67.9 Å². The minimum Gasteiger partial charge on any atom is -0.399 e. The van der Waals surface area contributed by atoms with E-state index in [1.54, 1.807) is 0 Å². The van der Waals surface area contributed by atoms with Crippen LogP contribution in [0.3, 0.4) is 0 Å². The first-order valence-corrected chi connectivity index (χ1v) is 15.2. The fourth-order valence-corrected chi connectivity index (χ4v) is 5.33. The molecule has 0 aliphatic carbocycles. The standard InChI is InChI=1S/C17H19BF7N3O2.C11H7BrF7N3/c1-13(2)14(3,4)30-18(29-13)10-8-26-28(9-10)12-7-6-11(27(12)5)15(19,16(20,21)22)17(23,24)25;1-21-7(9(13,10(14,15)16)11(17,18)19)2-3-8(21)22-5-6(12)4-20-22/h6-9H,1-5H3;2-5H,1H3. The summed E-state index contributed by atoms with van der Waals surface area (Å²) in [5.74, 6) is -0.362. The van der Waals surface area contributed by atoms with Gasteiger partial charge in [0.1, 0.15) is 11.6 Å². The zero-order valence-electron chi connectivity index (χ0n) is 27.4. The van der Waals surface area contributed by atoms with Crippen LogP contribution >= 0.6 is 15.9 Å². The highest BCUT2D eigenvalue weighted by molar-refractivity contribution is 9.10. The van der Waals surface area contributed by atoms with Gasteiger partial charge in [-0.2, -0.15) is 62.9 Å². The molecule has 1 aliphatic heterocycles. The maximum Gasteiger partial charge on any atom is 0.498 e. The molecule has 1 fully saturated rings. The van der Waals surface area contributed by atoms with Crippen molar-refractivity contribution in [3.63, 3.8) is 0 Å². The van der Waals surface area contributed by atoms with E-state index in [-0.39, 0.29) is 11.6 Å². The Hall–Kier alpha value is -3.54. The maximum atomic E-state index is 14.4. The number of nitrogens with zero attached hydrogens (tertiary/aromatic N) is 6. The van der Waals surface area contributed by atoms with Crippen LogP contribution in [0, 0.1) is 0 Å². The van der Waals surface area contributed by atoms with Crippen LogP contribution in [0.1, 0.15) is 39.1 Å². The van der Waals surface area contributed by atoms with E-state index < -0.39 is 65.8 Å². The van der Waals surface area contributed by atoms with E-state index in [1.807, 2.05) is 27.7 Å². The lowest BCUT2D eigenvalue weighted by atomic mass is 9.82. The van der Waals surface area contributed by atoms with E-state index in [9.17, 15) is 61.5 Å². The molecular weight excluding hydrogens is 809 g/mol. The topological polar surface area (TPSA) is 64.0 Å². The first-order chi connectivity index (χ1) is 23.3. The average molecular weight is 835 g/mol. The SMILES string of the molecule is Cn1c(-n2cc(B3OC(C)(C)C(C)(C)O3)cn2)ccc1C(F)(C(F)(F)F)C(F)(F)F.Cn1c(-n2cc(Br)cn2)ccc1C(F)(C(F)(F)F)C(F)(F)F. The highest BCUT2D eigenvalue weighted by Crippen LogP contribution is 2.54. The summed E-state index contributed by atoms with van der Waals surface area (Å²) in [5.41, 5.74) is -15.1. The summed E-state index contributed by atoms with van der Waals surface area (Å²) in [5, 5.41) is 7.69. The van der Waals surface area contributed by atoms with Gasteiger partial charge in [0.05, 0.1) is 33.3 Å². The summed E-state index contributed by atoms with van der Waals surface area (Å²) in [6, 6.07) is 2.71. The number of hydrogen-bond donors (Lipinski definition) is 0. The number of halogens is 15. The Morgan fingerprint density at radius 1 is 0.577 bits per heavy atom. The molecule has 4 aromatic rings. The molecule has 0 radical (unpaired) electrons. The fraction of sp³-hybridized carbons (Fsp3) is 0.500. The molecule has 0 saturated carbocycles. The quantitative estimate of drug-likeness (QED) is 0.151. The predicted octanol–water partition coefficient (Wildman–Crippen LogP) is 8.06. The molecule has 288 valence electrons. The Morgan fingerprint density at radius 2 is 0.923 bits per heavy atom. The van der Waals surface area contributed by atoms with Gasteiger partial charge in [-0.3, -0.25) is 0 Å². The molecule has 0 spiro atoms. The summed E-state index contributed by atoms with van der Waals surface area (Å²) in [7, 11) is 0.952. The van der Waals surface area contributed by atoms with Crippen molar-refractivity contribution in [2.24, 2.45) is 14.1 Å². The molecule has 4 aromatic heterocycles. The summed E-state index contributed by atoms with van der Waals surface area (Å²) >= 11 is 3.04. The normalized spacial score (nSPS) is 17.1. The van der Waals surface area contributed by atoms with Crippen molar-refractivity contribution in [2.45, 2.75) is 74.9 Å². The van der Waals surface area contributed by atoms with Crippen LogP contribution in [-0.4, -0.2) is 71.7 Å². The molecule has 0 N–H and O–H groups in total. The Labute approximate surface area is 293 Å². The van der Waals surface area contributed by atoms with Crippen LogP contribution in [0.2, 0.25) is 0 Å². The third-order valence-corrected chi connectivity index (χ3v) is 9.02. The molecule has 1 saturated heterocycles. The number of alkyl halides is 14. The first kappa shape index (κ1) is 41.2. The van der Waals surface area contributed by atoms with Crippen LogP contribution in [-0.2, 0) is 34.7 Å². The molecule has 0 amide bonds. The second kappa shape index (κ2) is 12.8. The molecule has 0 bridgehead atoms. The van der Waals surface area contributed by atoms with E-state index in [0.29, 0.717) is 31.2 Å². The Morgan fingerprint density at radius 3 is 1.25 bits per heavy atom. The van der Waals surface area contributed by atoms with Crippen molar-refractivity contribution in [1.29, 1.82) is 0 Å². The molecule has 24 heteroatoms. The number of rotatable bonds is 5. The lowest BCUT2D eigenvalue weighted by Crippen LogP contribution is -2.51. The van der Waals surface area contributed by atoms with E-state index in [4.69, 9.17) is 9.31 Å². The van der Waals surface area contributed by atoms with Gasteiger partial charge < -0.3 is 18.4 Å². The highest BCUT2D eigenvalue weighted by Gasteiger charge is 2.75. The molecule has 1 aliphatic rings. The molecule has 0 aromatic carbocycles. The first-order valence-electron chi connectivity index (χ1n) is 14.4. The fourth-order valence-electron chi connectivity index (χ4n) is 5.04. The minimum absolute atomic E-state index is 0.156. The molecule has 5 rings (SSSR count). The largest absolute Gasteiger partial charge is 0.498 e. The summed E-state index contributed by atoms with van der Waals surface area (Å²) in [6.45, 7) is 7.26. The van der Waals surface area contributed by atoms with Gasteiger partial charge in [-0.25, -0.2) is 18.1 Å². The van der Waals surface area contributed by atoms with Gasteiger partial charge in [0, 0.05) is 38.1 Å². The van der Waals surface area contributed by atoms with Gasteiger partial charge >= 0.3 is 43.2 Å². The van der Waals surface area contributed by atoms with Crippen LogP contribution in [0.15, 0.2) is 53.5 Å². The van der Waals surface area contributed by atoms with Crippen LogP contribution < -0.4 is 5.46 Å². The number of hydrogen-bond acceptors (Lipinski definition) is 4. The molecule has 52 heavy (non-hydrogen) atoms. The molecule has 5 heterocycles. The Balaban J connectivity index is 0.000000244. The van der Waals surface area contributed by atoms with Gasteiger partial charge in [0.25, 0.3) is 0 Å². The third-order valence-electron chi connectivity index (χ3n) is 8.61. The second-order valence-electron chi connectivity index (χ2n) is 12.5.